The maximum absolute atomic E-state index is 12.6. The Kier molecular flexibility index (Phi) is 3.63. The van der Waals surface area contributed by atoms with Gasteiger partial charge in [0.05, 0.1) is 0 Å². The number of H-pyrrole nitrogens is 1. The zero-order valence-electron chi connectivity index (χ0n) is 14.2. The molecule has 3 aromatic rings. The highest BCUT2D eigenvalue weighted by atomic mass is 16.2. The van der Waals surface area contributed by atoms with Crippen LogP contribution >= 0.6 is 0 Å². The van der Waals surface area contributed by atoms with Crippen LogP contribution in [0, 0.1) is 13.8 Å². The van der Waals surface area contributed by atoms with Crippen molar-refractivity contribution in [3.8, 4) is 0 Å². The maximum atomic E-state index is 12.6. The summed E-state index contributed by atoms with van der Waals surface area (Å²) in [5.41, 5.74) is 3.54. The number of hydrogen-bond donors (Lipinski definition) is 1. The fraction of sp³-hybridized carbons (Fsp3) is 0.333. The molecular weight excluding hydrogens is 318 g/mol. The second kappa shape index (κ2) is 5.84. The van der Waals surface area contributed by atoms with Gasteiger partial charge in [-0.05, 0) is 32.4 Å². The maximum Gasteiger partial charge on any atom is 0.275 e. The van der Waals surface area contributed by atoms with Crippen molar-refractivity contribution in [2.45, 2.75) is 26.2 Å². The first kappa shape index (κ1) is 15.6. The molecule has 128 valence electrons. The summed E-state index contributed by atoms with van der Waals surface area (Å²) in [7, 11) is 0. The number of carbonyl (C=O) groups is 1. The van der Waals surface area contributed by atoms with Crippen molar-refractivity contribution in [2.24, 2.45) is 0 Å². The van der Waals surface area contributed by atoms with Crippen LogP contribution in [0.4, 0.5) is 0 Å². The number of likely N-dealkylation sites (tertiary alicyclic amines) is 1. The molecule has 7 heteroatoms. The van der Waals surface area contributed by atoms with Crippen LogP contribution in [0.3, 0.4) is 0 Å². The minimum absolute atomic E-state index is 0.0167. The van der Waals surface area contributed by atoms with Crippen molar-refractivity contribution in [1.29, 1.82) is 0 Å². The molecular formula is C18H19N5O2. The third kappa shape index (κ3) is 2.61. The average Bonchev–Trinajstić information content (AvgIpc) is 3.27. The first-order valence-electron chi connectivity index (χ1n) is 8.33. The largest absolute Gasteiger partial charge is 0.338 e. The molecule has 0 spiro atoms. The first-order chi connectivity index (χ1) is 12.0. The quantitative estimate of drug-likeness (QED) is 0.771. The Morgan fingerprint density at radius 3 is 2.80 bits per heavy atom. The summed E-state index contributed by atoms with van der Waals surface area (Å²) < 4.78 is 1.49. The van der Waals surface area contributed by atoms with Crippen molar-refractivity contribution >= 4 is 11.6 Å². The number of rotatable bonds is 2. The normalized spacial score (nSPS) is 17.4. The van der Waals surface area contributed by atoms with Crippen LogP contribution in [0.15, 0.2) is 35.4 Å². The van der Waals surface area contributed by atoms with Crippen molar-refractivity contribution in [1.82, 2.24) is 24.5 Å². The molecule has 1 aliphatic heterocycles. The SMILES string of the molecule is Cc1nc2cc(C3CCN(C(=O)c4ccncc4)C3)[nH]n2c(=O)c1C. The zero-order valence-corrected chi connectivity index (χ0v) is 14.2. The lowest BCUT2D eigenvalue weighted by atomic mass is 10.1. The lowest BCUT2D eigenvalue weighted by molar-refractivity contribution is 0.0790. The van der Waals surface area contributed by atoms with Gasteiger partial charge in [-0.3, -0.25) is 19.7 Å². The standard InChI is InChI=1S/C18H19N5O2/c1-11-12(2)20-16-9-15(21-23(16)17(11)24)14-5-8-22(10-14)18(25)13-3-6-19-7-4-13/h3-4,6-7,9,14,21H,5,8,10H2,1-2H3. The molecule has 1 amide bonds. The van der Waals surface area contributed by atoms with Gasteiger partial charge in [0, 0.05) is 60.0 Å². The molecule has 1 fully saturated rings. The molecule has 3 aromatic heterocycles. The van der Waals surface area contributed by atoms with Gasteiger partial charge in [0.15, 0.2) is 5.65 Å². The molecule has 1 unspecified atom stereocenters. The molecule has 0 radical (unpaired) electrons. The van der Waals surface area contributed by atoms with Crippen molar-refractivity contribution in [2.75, 3.05) is 13.1 Å². The number of aromatic nitrogens is 4. The van der Waals surface area contributed by atoms with E-state index in [4.69, 9.17) is 0 Å². The van der Waals surface area contributed by atoms with E-state index in [1.807, 2.05) is 17.9 Å². The van der Waals surface area contributed by atoms with Gasteiger partial charge < -0.3 is 4.90 Å². The van der Waals surface area contributed by atoms with E-state index in [0.717, 1.165) is 17.8 Å². The average molecular weight is 337 g/mol. The van der Waals surface area contributed by atoms with Crippen LogP contribution in [0.5, 0.6) is 0 Å². The fourth-order valence-corrected chi connectivity index (χ4v) is 3.32. The third-order valence-electron chi connectivity index (χ3n) is 4.95. The summed E-state index contributed by atoms with van der Waals surface area (Å²) in [6, 6.07) is 5.38. The lowest BCUT2D eigenvalue weighted by Gasteiger charge is -2.16. The van der Waals surface area contributed by atoms with Crippen molar-refractivity contribution < 1.29 is 4.79 Å². The van der Waals surface area contributed by atoms with E-state index in [1.165, 1.54) is 4.52 Å². The van der Waals surface area contributed by atoms with Gasteiger partial charge in [0.1, 0.15) is 0 Å². The summed E-state index contributed by atoms with van der Waals surface area (Å²) in [5, 5.41) is 3.17. The summed E-state index contributed by atoms with van der Waals surface area (Å²) in [4.78, 5) is 35.2. The predicted octanol–water partition coefficient (Wildman–Crippen LogP) is 1.66. The highest BCUT2D eigenvalue weighted by molar-refractivity contribution is 5.94. The molecule has 25 heavy (non-hydrogen) atoms. The van der Waals surface area contributed by atoms with Crippen LogP contribution in [-0.4, -0.2) is 43.5 Å². The molecule has 0 bridgehead atoms. The molecule has 0 saturated carbocycles. The predicted molar refractivity (Wildman–Crippen MR) is 92.8 cm³/mol. The topological polar surface area (TPSA) is 83.4 Å². The van der Waals surface area contributed by atoms with Gasteiger partial charge in [-0.1, -0.05) is 0 Å². The smallest absolute Gasteiger partial charge is 0.275 e. The van der Waals surface area contributed by atoms with Crippen LogP contribution in [0.25, 0.3) is 5.65 Å². The fourth-order valence-electron chi connectivity index (χ4n) is 3.32. The summed E-state index contributed by atoms with van der Waals surface area (Å²) in [5.74, 6) is 0.190. The molecule has 1 atom stereocenters. The molecule has 4 heterocycles. The number of nitrogens with one attached hydrogen (secondary N) is 1. The van der Waals surface area contributed by atoms with E-state index in [0.29, 0.717) is 29.9 Å². The highest BCUT2D eigenvalue weighted by Crippen LogP contribution is 2.27. The molecule has 1 N–H and O–H groups in total. The number of amides is 1. The van der Waals surface area contributed by atoms with E-state index in [-0.39, 0.29) is 17.4 Å². The first-order valence-corrected chi connectivity index (χ1v) is 8.33. The zero-order chi connectivity index (χ0) is 17.6. The van der Waals surface area contributed by atoms with E-state index in [1.54, 1.807) is 31.5 Å². The Balaban J connectivity index is 1.60. The number of fused-ring (bicyclic) bond motifs is 1. The molecule has 7 nitrogen and oxygen atoms in total. The summed E-state index contributed by atoms with van der Waals surface area (Å²) in [6.07, 6.45) is 4.11. The third-order valence-corrected chi connectivity index (χ3v) is 4.95. The van der Waals surface area contributed by atoms with Crippen LogP contribution < -0.4 is 5.56 Å². The summed E-state index contributed by atoms with van der Waals surface area (Å²) in [6.45, 7) is 4.94. The van der Waals surface area contributed by atoms with Gasteiger partial charge in [-0.15, -0.1) is 0 Å². The Morgan fingerprint density at radius 1 is 1.28 bits per heavy atom. The van der Waals surface area contributed by atoms with Crippen molar-refractivity contribution in [3.05, 3.63) is 63.5 Å². The second-order valence-electron chi connectivity index (χ2n) is 6.51. The highest BCUT2D eigenvalue weighted by Gasteiger charge is 2.29. The van der Waals surface area contributed by atoms with Gasteiger partial charge in [-0.2, -0.15) is 0 Å². The summed E-state index contributed by atoms with van der Waals surface area (Å²) >= 11 is 0. The van der Waals surface area contributed by atoms with Crippen molar-refractivity contribution in [3.63, 3.8) is 0 Å². The van der Waals surface area contributed by atoms with Gasteiger partial charge in [0.25, 0.3) is 11.5 Å². The molecule has 0 aromatic carbocycles. The Bertz CT molecular complexity index is 1010. The molecule has 1 aliphatic rings. The molecule has 0 aliphatic carbocycles. The van der Waals surface area contributed by atoms with Gasteiger partial charge >= 0.3 is 0 Å². The second-order valence-corrected chi connectivity index (χ2v) is 6.51. The van der Waals surface area contributed by atoms with Crippen LogP contribution in [0.1, 0.15) is 39.6 Å². The number of hydrogen-bond acceptors (Lipinski definition) is 4. The van der Waals surface area contributed by atoms with E-state index < -0.39 is 0 Å². The lowest BCUT2D eigenvalue weighted by Crippen LogP contribution is -2.28. The number of carbonyl (C=O) groups excluding carboxylic acids is 1. The minimum atomic E-state index is -0.0727. The van der Waals surface area contributed by atoms with Gasteiger partial charge in [0.2, 0.25) is 0 Å². The number of aryl methyl sites for hydroxylation is 1. The van der Waals surface area contributed by atoms with E-state index in [9.17, 15) is 9.59 Å². The van der Waals surface area contributed by atoms with Gasteiger partial charge in [-0.25, -0.2) is 9.50 Å². The number of nitrogens with zero attached hydrogens (tertiary/aromatic N) is 4. The molecule has 4 rings (SSSR count). The Morgan fingerprint density at radius 2 is 2.04 bits per heavy atom. The Labute approximate surface area is 144 Å². The van der Waals surface area contributed by atoms with Crippen LogP contribution in [0.2, 0.25) is 0 Å². The molecule has 1 saturated heterocycles. The Hall–Kier alpha value is -2.96. The monoisotopic (exact) mass is 337 g/mol. The van der Waals surface area contributed by atoms with Crippen LogP contribution in [-0.2, 0) is 0 Å². The number of aromatic amines is 1. The van der Waals surface area contributed by atoms with E-state index in [2.05, 4.69) is 15.1 Å². The number of pyridine rings is 1. The minimum Gasteiger partial charge on any atom is -0.338 e. The van der Waals surface area contributed by atoms with E-state index >= 15 is 0 Å².